The van der Waals surface area contributed by atoms with Gasteiger partial charge in [0.25, 0.3) is 0 Å². The lowest BCUT2D eigenvalue weighted by Crippen LogP contribution is -2.14. The summed E-state index contributed by atoms with van der Waals surface area (Å²) in [4.78, 5) is 19.8. The Balaban J connectivity index is 1.94. The van der Waals surface area contributed by atoms with Gasteiger partial charge in [-0.2, -0.15) is 5.26 Å². The van der Waals surface area contributed by atoms with Gasteiger partial charge in [-0.05, 0) is 24.6 Å². The van der Waals surface area contributed by atoms with Crippen LogP contribution < -0.4 is 11.1 Å². The molecule has 0 aliphatic heterocycles. The summed E-state index contributed by atoms with van der Waals surface area (Å²) in [6.45, 7) is 1.97. The van der Waals surface area contributed by atoms with Crippen molar-refractivity contribution < 1.29 is 4.79 Å². The number of hydrogen-bond donors (Lipinski definition) is 2. The summed E-state index contributed by atoms with van der Waals surface area (Å²) in [5.41, 5.74) is 7.62. The number of nitrogens with zero attached hydrogens (tertiary/aromatic N) is 3. The van der Waals surface area contributed by atoms with E-state index < -0.39 is 0 Å². The Hall–Kier alpha value is -2.11. The van der Waals surface area contributed by atoms with Gasteiger partial charge in [-0.3, -0.25) is 4.79 Å². The average molecular weight is 378 g/mol. The molecule has 22 heavy (non-hydrogen) atoms. The number of benzene rings is 1. The molecule has 0 saturated carbocycles. The number of nitrogens with two attached hydrogens (primary N) is 1. The van der Waals surface area contributed by atoms with E-state index in [1.54, 1.807) is 0 Å². The molecular formula is C14H12BrN5OS. The minimum atomic E-state index is -0.174. The molecular weight excluding hydrogens is 366 g/mol. The molecule has 3 N–H and O–H groups in total. The molecule has 0 unspecified atom stereocenters. The van der Waals surface area contributed by atoms with E-state index >= 15 is 0 Å². The van der Waals surface area contributed by atoms with Crippen molar-refractivity contribution >= 4 is 45.1 Å². The van der Waals surface area contributed by atoms with Gasteiger partial charge in [0.1, 0.15) is 17.5 Å². The first-order valence-electron chi connectivity index (χ1n) is 6.21. The van der Waals surface area contributed by atoms with Gasteiger partial charge < -0.3 is 11.1 Å². The third-order valence-electron chi connectivity index (χ3n) is 2.70. The van der Waals surface area contributed by atoms with Crippen molar-refractivity contribution in [1.29, 1.82) is 5.26 Å². The zero-order chi connectivity index (χ0) is 16.1. The molecule has 1 heterocycles. The number of carbonyl (C=O) groups is 1. The highest BCUT2D eigenvalue weighted by atomic mass is 79.9. The molecule has 0 saturated heterocycles. The van der Waals surface area contributed by atoms with Crippen molar-refractivity contribution in [3.05, 3.63) is 40.0 Å². The maximum atomic E-state index is 11.9. The molecule has 0 bridgehead atoms. The maximum absolute atomic E-state index is 11.9. The topological polar surface area (TPSA) is 105 Å². The van der Waals surface area contributed by atoms with Gasteiger partial charge >= 0.3 is 0 Å². The summed E-state index contributed by atoms with van der Waals surface area (Å²) >= 11 is 4.57. The van der Waals surface area contributed by atoms with E-state index in [0.717, 1.165) is 21.8 Å². The molecule has 8 heteroatoms. The molecule has 1 aromatic heterocycles. The lowest BCUT2D eigenvalue weighted by molar-refractivity contribution is -0.113. The van der Waals surface area contributed by atoms with Crippen LogP contribution in [0.15, 0.2) is 34.0 Å². The van der Waals surface area contributed by atoms with Gasteiger partial charge in [-0.1, -0.05) is 33.8 Å². The molecule has 1 amide bonds. The molecule has 112 valence electrons. The van der Waals surface area contributed by atoms with Gasteiger partial charge in [0.15, 0.2) is 5.16 Å². The minimum absolute atomic E-state index is 0.114. The summed E-state index contributed by atoms with van der Waals surface area (Å²) < 4.78 is 0.932. The smallest absolute Gasteiger partial charge is 0.234 e. The van der Waals surface area contributed by atoms with E-state index in [1.165, 1.54) is 6.20 Å². The first kappa shape index (κ1) is 16.3. The quantitative estimate of drug-likeness (QED) is 0.626. The molecule has 2 aromatic rings. The third-order valence-corrected chi connectivity index (χ3v) is 4.42. The predicted molar refractivity (Wildman–Crippen MR) is 89.4 cm³/mol. The van der Waals surface area contributed by atoms with Crippen LogP contribution in [0.1, 0.15) is 11.1 Å². The molecule has 2 rings (SSSR count). The monoisotopic (exact) mass is 377 g/mol. The SMILES string of the molecule is Cc1ccc(NC(=O)CSc2ncc(C#N)c(N)n2)cc1Br. The number of aryl methyl sites for hydroxylation is 1. The molecule has 0 aliphatic carbocycles. The highest BCUT2D eigenvalue weighted by Crippen LogP contribution is 2.21. The summed E-state index contributed by atoms with van der Waals surface area (Å²) in [7, 11) is 0. The van der Waals surface area contributed by atoms with Crippen LogP contribution in [0.5, 0.6) is 0 Å². The highest BCUT2D eigenvalue weighted by Gasteiger charge is 2.08. The number of nitriles is 1. The van der Waals surface area contributed by atoms with Gasteiger partial charge in [-0.15, -0.1) is 0 Å². The van der Waals surface area contributed by atoms with Gasteiger partial charge in [0, 0.05) is 10.2 Å². The molecule has 0 radical (unpaired) electrons. The van der Waals surface area contributed by atoms with E-state index in [9.17, 15) is 4.79 Å². The molecule has 6 nitrogen and oxygen atoms in total. The van der Waals surface area contributed by atoms with Crippen molar-refractivity contribution in [2.75, 3.05) is 16.8 Å². The Bertz CT molecular complexity index is 759. The number of halogens is 1. The summed E-state index contributed by atoms with van der Waals surface area (Å²) in [5, 5.41) is 11.9. The van der Waals surface area contributed by atoms with E-state index in [1.807, 2.05) is 31.2 Å². The maximum Gasteiger partial charge on any atom is 0.234 e. The fourth-order valence-corrected chi connectivity index (χ4v) is 2.53. The lowest BCUT2D eigenvalue weighted by Gasteiger charge is -2.07. The zero-order valence-electron chi connectivity index (χ0n) is 11.6. The van der Waals surface area contributed by atoms with Gasteiger partial charge in [0.05, 0.1) is 11.9 Å². The van der Waals surface area contributed by atoms with Crippen molar-refractivity contribution in [2.45, 2.75) is 12.1 Å². The molecule has 0 atom stereocenters. The van der Waals surface area contributed by atoms with Gasteiger partial charge in [0.2, 0.25) is 5.91 Å². The van der Waals surface area contributed by atoms with Crippen molar-refractivity contribution in [3.8, 4) is 6.07 Å². The number of amides is 1. The number of rotatable bonds is 4. The van der Waals surface area contributed by atoms with Crippen LogP contribution in [-0.2, 0) is 4.79 Å². The van der Waals surface area contributed by atoms with Crippen LogP contribution in [0.2, 0.25) is 0 Å². The molecule has 0 aliphatic rings. The van der Waals surface area contributed by atoms with Gasteiger partial charge in [-0.25, -0.2) is 9.97 Å². The number of aromatic nitrogens is 2. The summed E-state index contributed by atoms with van der Waals surface area (Å²) in [6.07, 6.45) is 1.35. The van der Waals surface area contributed by atoms with Crippen molar-refractivity contribution in [1.82, 2.24) is 9.97 Å². The molecule has 0 spiro atoms. The standard InChI is InChI=1S/C14H12BrN5OS/c1-8-2-3-10(4-11(8)15)19-12(21)7-22-14-18-6-9(5-16)13(17)20-14/h2-4,6H,7H2,1H3,(H,19,21)(H2,17,18,20). The number of nitrogens with one attached hydrogen (secondary N) is 1. The number of thioether (sulfide) groups is 1. The third kappa shape index (κ3) is 4.19. The van der Waals surface area contributed by atoms with E-state index in [0.29, 0.717) is 10.8 Å². The largest absolute Gasteiger partial charge is 0.382 e. The second-order valence-electron chi connectivity index (χ2n) is 4.36. The van der Waals surface area contributed by atoms with Crippen LogP contribution in [0.3, 0.4) is 0 Å². The van der Waals surface area contributed by atoms with Crippen LogP contribution >= 0.6 is 27.7 Å². The summed E-state index contributed by atoms with van der Waals surface area (Å²) in [6, 6.07) is 7.47. The molecule has 0 fully saturated rings. The van der Waals surface area contributed by atoms with Crippen LogP contribution in [-0.4, -0.2) is 21.6 Å². The lowest BCUT2D eigenvalue weighted by atomic mass is 10.2. The number of carbonyl (C=O) groups excluding carboxylic acids is 1. The summed E-state index contributed by atoms with van der Waals surface area (Å²) in [5.74, 6) is 0.0896. The fraction of sp³-hybridized carbons (Fsp3) is 0.143. The second-order valence-corrected chi connectivity index (χ2v) is 6.16. The highest BCUT2D eigenvalue weighted by molar-refractivity contribution is 9.10. The van der Waals surface area contributed by atoms with E-state index in [-0.39, 0.29) is 23.0 Å². The first-order valence-corrected chi connectivity index (χ1v) is 7.99. The van der Waals surface area contributed by atoms with Crippen LogP contribution in [0, 0.1) is 18.3 Å². The minimum Gasteiger partial charge on any atom is -0.382 e. The van der Waals surface area contributed by atoms with Crippen LogP contribution in [0.25, 0.3) is 0 Å². The van der Waals surface area contributed by atoms with E-state index in [4.69, 9.17) is 11.0 Å². The fourth-order valence-electron chi connectivity index (χ4n) is 1.53. The Kier molecular flexibility index (Phi) is 5.35. The number of nitrogen functional groups attached to an aromatic ring is 1. The Morgan fingerprint density at radius 3 is 2.95 bits per heavy atom. The predicted octanol–water partition coefficient (Wildman–Crippen LogP) is 2.73. The Morgan fingerprint density at radius 2 is 2.32 bits per heavy atom. The Morgan fingerprint density at radius 1 is 1.55 bits per heavy atom. The second kappa shape index (κ2) is 7.24. The Labute approximate surface area is 140 Å². The zero-order valence-corrected chi connectivity index (χ0v) is 14.0. The van der Waals surface area contributed by atoms with Crippen molar-refractivity contribution in [3.63, 3.8) is 0 Å². The van der Waals surface area contributed by atoms with Crippen molar-refractivity contribution in [2.24, 2.45) is 0 Å². The van der Waals surface area contributed by atoms with E-state index in [2.05, 4.69) is 31.2 Å². The average Bonchev–Trinajstić information content (AvgIpc) is 2.49. The first-order chi connectivity index (χ1) is 10.5. The number of anilines is 2. The number of hydrogen-bond acceptors (Lipinski definition) is 6. The molecule has 1 aromatic carbocycles. The van der Waals surface area contributed by atoms with Crippen LogP contribution in [0.4, 0.5) is 11.5 Å². The normalized spacial score (nSPS) is 10.0.